The quantitative estimate of drug-likeness (QED) is 0.842. The van der Waals surface area contributed by atoms with E-state index in [2.05, 4.69) is 31.5 Å². The zero-order valence-electron chi connectivity index (χ0n) is 9.11. The first-order valence-corrected chi connectivity index (χ1v) is 6.30. The number of aromatic nitrogens is 2. The maximum absolute atomic E-state index is 5.21. The van der Waals surface area contributed by atoms with Crippen LogP contribution in [0.2, 0.25) is 0 Å². The number of fused-ring (bicyclic) bond motifs is 1. The van der Waals surface area contributed by atoms with Crippen molar-refractivity contribution in [3.05, 3.63) is 22.9 Å². The molecule has 1 saturated carbocycles. The fourth-order valence-corrected chi connectivity index (χ4v) is 2.84. The Balaban J connectivity index is 2.16. The van der Waals surface area contributed by atoms with Gasteiger partial charge < -0.3 is 9.30 Å². The molecule has 1 aromatic heterocycles. The largest absolute Gasteiger partial charge is 0.497 e. The molecule has 0 N–H and O–H groups in total. The molecular formula is C12H13BrN2O. The number of methoxy groups -OCH3 is 1. The first-order valence-electron chi connectivity index (χ1n) is 5.51. The lowest BCUT2D eigenvalue weighted by atomic mass is 9.93. The number of benzene rings is 1. The van der Waals surface area contributed by atoms with Crippen LogP contribution in [0.4, 0.5) is 0 Å². The van der Waals surface area contributed by atoms with E-state index in [1.54, 1.807) is 7.11 Å². The molecule has 1 heterocycles. The molecule has 0 amide bonds. The number of ether oxygens (including phenoxy) is 1. The molecule has 1 aliphatic rings. The highest BCUT2D eigenvalue weighted by atomic mass is 79.9. The summed E-state index contributed by atoms with van der Waals surface area (Å²) in [5, 5.41) is 0. The van der Waals surface area contributed by atoms with Crippen molar-refractivity contribution >= 4 is 27.0 Å². The third-order valence-corrected chi connectivity index (χ3v) is 3.85. The number of hydrogen-bond donors (Lipinski definition) is 0. The van der Waals surface area contributed by atoms with E-state index >= 15 is 0 Å². The second-order valence-corrected chi connectivity index (χ2v) is 4.90. The summed E-state index contributed by atoms with van der Waals surface area (Å²) in [5.74, 6) is 0.859. The van der Waals surface area contributed by atoms with Crippen molar-refractivity contribution in [2.24, 2.45) is 0 Å². The molecule has 1 aromatic carbocycles. The first-order chi connectivity index (χ1) is 7.79. The second kappa shape index (κ2) is 3.77. The minimum atomic E-state index is 0.618. The van der Waals surface area contributed by atoms with Crippen LogP contribution < -0.4 is 4.74 Å². The van der Waals surface area contributed by atoms with E-state index in [9.17, 15) is 0 Å². The van der Waals surface area contributed by atoms with E-state index in [4.69, 9.17) is 4.74 Å². The third-order valence-electron chi connectivity index (χ3n) is 3.29. The van der Waals surface area contributed by atoms with Gasteiger partial charge in [-0.3, -0.25) is 0 Å². The van der Waals surface area contributed by atoms with Crippen LogP contribution >= 0.6 is 15.9 Å². The molecule has 16 heavy (non-hydrogen) atoms. The van der Waals surface area contributed by atoms with Crippen molar-refractivity contribution in [2.75, 3.05) is 7.11 Å². The molecule has 0 atom stereocenters. The van der Waals surface area contributed by atoms with Gasteiger partial charge >= 0.3 is 0 Å². The van der Waals surface area contributed by atoms with E-state index < -0.39 is 0 Å². The molecule has 0 spiro atoms. The predicted molar refractivity (Wildman–Crippen MR) is 66.9 cm³/mol. The minimum absolute atomic E-state index is 0.618. The summed E-state index contributed by atoms with van der Waals surface area (Å²) in [6, 6.07) is 6.68. The normalized spacial score (nSPS) is 16.4. The maximum atomic E-state index is 5.21. The number of hydrogen-bond acceptors (Lipinski definition) is 2. The molecule has 0 aliphatic heterocycles. The van der Waals surface area contributed by atoms with Crippen LogP contribution in [0.1, 0.15) is 25.3 Å². The molecular weight excluding hydrogens is 268 g/mol. The summed E-state index contributed by atoms with van der Waals surface area (Å²) in [4.78, 5) is 4.52. The van der Waals surface area contributed by atoms with Gasteiger partial charge in [0.2, 0.25) is 0 Å². The molecule has 0 bridgehead atoms. The highest BCUT2D eigenvalue weighted by molar-refractivity contribution is 9.10. The molecule has 3 rings (SSSR count). The van der Waals surface area contributed by atoms with Crippen molar-refractivity contribution in [3.63, 3.8) is 0 Å². The summed E-state index contributed by atoms with van der Waals surface area (Å²) in [7, 11) is 1.68. The van der Waals surface area contributed by atoms with Gasteiger partial charge in [0, 0.05) is 12.1 Å². The summed E-state index contributed by atoms with van der Waals surface area (Å²) in [6.07, 6.45) is 3.85. The summed E-state index contributed by atoms with van der Waals surface area (Å²) in [6.45, 7) is 0. The Labute approximate surface area is 103 Å². The Bertz CT molecular complexity index is 531. The molecule has 0 saturated heterocycles. The van der Waals surface area contributed by atoms with Gasteiger partial charge in [-0.15, -0.1) is 0 Å². The molecule has 3 nitrogen and oxygen atoms in total. The van der Waals surface area contributed by atoms with Crippen LogP contribution in [0.3, 0.4) is 0 Å². The SMILES string of the molecule is COc1ccc2c(c1)nc(Br)n2C1CCC1. The smallest absolute Gasteiger partial charge is 0.178 e. The molecule has 0 radical (unpaired) electrons. The van der Waals surface area contributed by atoms with E-state index in [0.29, 0.717) is 6.04 Å². The topological polar surface area (TPSA) is 27.1 Å². The van der Waals surface area contributed by atoms with Crippen LogP contribution in [0, 0.1) is 0 Å². The van der Waals surface area contributed by atoms with Crippen LogP contribution in [0.5, 0.6) is 5.75 Å². The lowest BCUT2D eigenvalue weighted by Gasteiger charge is -2.28. The first kappa shape index (κ1) is 10.1. The predicted octanol–water partition coefficient (Wildman–Crippen LogP) is 3.53. The van der Waals surface area contributed by atoms with Crippen molar-refractivity contribution in [1.82, 2.24) is 9.55 Å². The second-order valence-electron chi connectivity index (χ2n) is 4.19. The van der Waals surface area contributed by atoms with E-state index in [-0.39, 0.29) is 0 Å². The number of nitrogens with zero attached hydrogens (tertiary/aromatic N) is 2. The maximum Gasteiger partial charge on any atom is 0.178 e. The monoisotopic (exact) mass is 280 g/mol. The van der Waals surface area contributed by atoms with Crippen LogP contribution in [0.25, 0.3) is 11.0 Å². The number of imidazole rings is 1. The molecule has 0 unspecified atom stereocenters. The lowest BCUT2D eigenvalue weighted by Crippen LogP contribution is -2.16. The van der Waals surface area contributed by atoms with Gasteiger partial charge in [-0.2, -0.15) is 0 Å². The van der Waals surface area contributed by atoms with Crippen LogP contribution in [0.15, 0.2) is 22.9 Å². The van der Waals surface area contributed by atoms with E-state index in [1.165, 1.54) is 24.8 Å². The molecule has 1 fully saturated rings. The zero-order valence-corrected chi connectivity index (χ0v) is 10.7. The summed E-state index contributed by atoms with van der Waals surface area (Å²) >= 11 is 3.54. The van der Waals surface area contributed by atoms with Gasteiger partial charge in [0.1, 0.15) is 5.75 Å². The third kappa shape index (κ3) is 1.44. The van der Waals surface area contributed by atoms with E-state index in [0.717, 1.165) is 16.0 Å². The summed E-state index contributed by atoms with van der Waals surface area (Å²) < 4.78 is 8.43. The standard InChI is InChI=1S/C12H13BrN2O/c1-16-9-5-6-11-10(7-9)14-12(13)15(11)8-3-2-4-8/h5-8H,2-4H2,1H3. The van der Waals surface area contributed by atoms with Gasteiger partial charge in [0.15, 0.2) is 4.73 Å². The highest BCUT2D eigenvalue weighted by Gasteiger charge is 2.23. The van der Waals surface area contributed by atoms with Gasteiger partial charge in [-0.1, -0.05) is 0 Å². The fraction of sp³-hybridized carbons (Fsp3) is 0.417. The molecule has 84 valence electrons. The van der Waals surface area contributed by atoms with E-state index in [1.807, 2.05) is 12.1 Å². The minimum Gasteiger partial charge on any atom is -0.497 e. The van der Waals surface area contributed by atoms with Crippen molar-refractivity contribution in [3.8, 4) is 5.75 Å². The van der Waals surface area contributed by atoms with Gasteiger partial charge in [-0.05, 0) is 47.3 Å². The van der Waals surface area contributed by atoms with Gasteiger partial charge in [0.05, 0.1) is 18.1 Å². The average Bonchev–Trinajstić information content (AvgIpc) is 2.53. The van der Waals surface area contributed by atoms with Crippen LogP contribution in [-0.2, 0) is 0 Å². The van der Waals surface area contributed by atoms with Crippen molar-refractivity contribution < 1.29 is 4.74 Å². The zero-order chi connectivity index (χ0) is 11.1. The number of halogens is 1. The summed E-state index contributed by atoms with van der Waals surface area (Å²) in [5.41, 5.74) is 2.19. The molecule has 2 aromatic rings. The Morgan fingerprint density at radius 3 is 2.88 bits per heavy atom. The lowest BCUT2D eigenvalue weighted by molar-refractivity contribution is 0.316. The van der Waals surface area contributed by atoms with Crippen molar-refractivity contribution in [1.29, 1.82) is 0 Å². The Hall–Kier alpha value is -1.03. The molecule has 1 aliphatic carbocycles. The Kier molecular flexibility index (Phi) is 2.39. The Morgan fingerprint density at radius 1 is 1.44 bits per heavy atom. The Morgan fingerprint density at radius 2 is 2.25 bits per heavy atom. The van der Waals surface area contributed by atoms with Crippen molar-refractivity contribution in [2.45, 2.75) is 25.3 Å². The van der Waals surface area contributed by atoms with Gasteiger partial charge in [-0.25, -0.2) is 4.98 Å². The van der Waals surface area contributed by atoms with Crippen LogP contribution in [-0.4, -0.2) is 16.7 Å². The highest BCUT2D eigenvalue weighted by Crippen LogP contribution is 2.37. The molecule has 4 heteroatoms. The van der Waals surface area contributed by atoms with Gasteiger partial charge in [0.25, 0.3) is 0 Å². The fourth-order valence-electron chi connectivity index (χ4n) is 2.17. The number of rotatable bonds is 2. The average molecular weight is 281 g/mol.